The van der Waals surface area contributed by atoms with E-state index < -0.39 is 11.9 Å². The first-order chi connectivity index (χ1) is 20.0. The molecule has 4 fully saturated rings. The smallest absolute Gasteiger partial charge is 0.255 e. The first-order valence-electron chi connectivity index (χ1n) is 14.4. The normalized spacial score (nSPS) is 27.4. The van der Waals surface area contributed by atoms with Gasteiger partial charge in [0.2, 0.25) is 11.8 Å². The Hall–Kier alpha value is -4.02. The van der Waals surface area contributed by atoms with Crippen LogP contribution in [0.1, 0.15) is 42.2 Å². The van der Waals surface area contributed by atoms with Gasteiger partial charge in [-0.2, -0.15) is 0 Å². The SMILES string of the molecule is O=C1CCC(N2Cc3cc(O[C@H]4CCN(Cc5ccc6nc(N7CC8OC[C@H]87)ccc6c5)C4)ccc3C2=O)C(=O)N1.[HH]. The molecule has 3 amide bonds. The monoisotopic (exact) mass is 555 g/mol. The number of hydrogen-bond donors (Lipinski definition) is 1. The Morgan fingerprint density at radius 3 is 2.76 bits per heavy atom. The predicted molar refractivity (Wildman–Crippen MR) is 152 cm³/mol. The molecule has 3 aromatic rings. The van der Waals surface area contributed by atoms with Crippen molar-refractivity contribution in [1.82, 2.24) is 20.1 Å². The average molecular weight is 556 g/mol. The van der Waals surface area contributed by atoms with Gasteiger partial charge in [0.15, 0.2) is 0 Å². The molecular formula is C31H33N5O5. The number of anilines is 1. The first-order valence-corrected chi connectivity index (χ1v) is 14.4. The van der Waals surface area contributed by atoms with Gasteiger partial charge in [-0.15, -0.1) is 0 Å². The molecule has 2 aromatic carbocycles. The fourth-order valence-corrected chi connectivity index (χ4v) is 6.77. The second kappa shape index (κ2) is 9.53. The molecule has 0 radical (unpaired) electrons. The number of benzene rings is 2. The molecule has 1 aromatic heterocycles. The number of rotatable bonds is 6. The van der Waals surface area contributed by atoms with Crippen LogP contribution in [0.15, 0.2) is 48.5 Å². The van der Waals surface area contributed by atoms with Crippen molar-refractivity contribution in [3.8, 4) is 5.75 Å². The molecule has 0 spiro atoms. The summed E-state index contributed by atoms with van der Waals surface area (Å²) in [6.07, 6.45) is 1.99. The van der Waals surface area contributed by atoms with Crippen molar-refractivity contribution in [2.75, 3.05) is 31.1 Å². The van der Waals surface area contributed by atoms with Gasteiger partial charge in [-0.05, 0) is 66.4 Å². The third kappa shape index (κ3) is 4.33. The van der Waals surface area contributed by atoms with Gasteiger partial charge in [-0.3, -0.25) is 24.6 Å². The van der Waals surface area contributed by atoms with Crippen molar-refractivity contribution in [2.45, 2.75) is 56.6 Å². The maximum atomic E-state index is 13.0. The number of likely N-dealkylation sites (tertiary alicyclic amines) is 1. The zero-order valence-electron chi connectivity index (χ0n) is 22.6. The van der Waals surface area contributed by atoms with E-state index in [2.05, 4.69) is 45.4 Å². The largest absolute Gasteiger partial charge is 0.489 e. The lowest BCUT2D eigenvalue weighted by Crippen LogP contribution is -2.71. The number of pyridine rings is 1. The van der Waals surface area contributed by atoms with Gasteiger partial charge in [0.05, 0.1) is 24.3 Å². The summed E-state index contributed by atoms with van der Waals surface area (Å²) in [6, 6.07) is 16.3. The topological polar surface area (TPSA) is 104 Å². The second-order valence-corrected chi connectivity index (χ2v) is 11.8. The number of aromatic nitrogens is 1. The molecule has 5 aliphatic heterocycles. The van der Waals surface area contributed by atoms with Crippen LogP contribution in [-0.2, 0) is 27.4 Å². The Bertz CT molecular complexity index is 1600. The number of fused-ring (bicyclic) bond motifs is 3. The van der Waals surface area contributed by atoms with Crippen LogP contribution < -0.4 is 15.0 Å². The fraction of sp³-hybridized carbons (Fsp3) is 0.419. The Balaban J connectivity index is 0.00000288. The van der Waals surface area contributed by atoms with Crippen LogP contribution in [0.25, 0.3) is 10.9 Å². The number of carbonyl (C=O) groups excluding carboxylic acids is 3. The summed E-state index contributed by atoms with van der Waals surface area (Å²) in [5.74, 6) is 0.924. The van der Waals surface area contributed by atoms with Crippen molar-refractivity contribution in [1.29, 1.82) is 0 Å². The van der Waals surface area contributed by atoms with Gasteiger partial charge in [0, 0.05) is 51.5 Å². The van der Waals surface area contributed by atoms with E-state index in [1.165, 1.54) is 5.56 Å². The molecule has 2 unspecified atom stereocenters. The minimum absolute atomic E-state index is 0. The molecule has 6 heterocycles. The van der Waals surface area contributed by atoms with Crippen LogP contribution in [0.5, 0.6) is 5.75 Å². The standard InChI is InChI=1S/C31H31N5O5.H2/c37-29-8-6-25(30(38)33-29)36-14-20-12-21(3-4-23(20)31(36)39)41-22-9-10-34(15-22)13-18-1-5-24-19(11-18)2-7-28(32-24)35-16-27-26(35)17-40-27;/h1-5,7,11-12,22,25-27H,6,8-10,13-17H2,(H,33,37,38);1H/t22-,25?,26+,27?;/m0./s1. The number of imide groups is 1. The van der Waals surface area contributed by atoms with Crippen molar-refractivity contribution in [3.63, 3.8) is 0 Å². The summed E-state index contributed by atoms with van der Waals surface area (Å²) in [4.78, 5) is 48.0. The number of ether oxygens (including phenoxy) is 2. The average Bonchev–Trinajstić information content (AvgIpc) is 3.53. The highest BCUT2D eigenvalue weighted by Crippen LogP contribution is 2.35. The Morgan fingerprint density at radius 2 is 1.95 bits per heavy atom. The molecule has 10 heteroatoms. The van der Waals surface area contributed by atoms with E-state index in [4.69, 9.17) is 14.5 Å². The van der Waals surface area contributed by atoms with Crippen LogP contribution in [-0.4, -0.2) is 83.0 Å². The minimum atomic E-state index is -0.612. The molecule has 5 aliphatic rings. The van der Waals surface area contributed by atoms with Gasteiger partial charge in [-0.25, -0.2) is 4.98 Å². The summed E-state index contributed by atoms with van der Waals surface area (Å²) in [5, 5.41) is 3.50. The van der Waals surface area contributed by atoms with Crippen LogP contribution in [0, 0.1) is 0 Å². The minimum Gasteiger partial charge on any atom is -0.489 e. The second-order valence-electron chi connectivity index (χ2n) is 11.8. The van der Waals surface area contributed by atoms with Crippen molar-refractivity contribution in [2.24, 2.45) is 0 Å². The van der Waals surface area contributed by atoms with Crippen molar-refractivity contribution in [3.05, 3.63) is 65.2 Å². The van der Waals surface area contributed by atoms with E-state index in [9.17, 15) is 14.4 Å². The molecule has 41 heavy (non-hydrogen) atoms. The van der Waals surface area contributed by atoms with E-state index in [1.807, 2.05) is 12.1 Å². The highest BCUT2D eigenvalue weighted by atomic mass is 16.5. The van der Waals surface area contributed by atoms with Crippen molar-refractivity contribution >= 4 is 34.4 Å². The van der Waals surface area contributed by atoms with Gasteiger partial charge in [0.25, 0.3) is 5.91 Å². The molecule has 0 aliphatic carbocycles. The first kappa shape index (κ1) is 24.8. The molecule has 4 atom stereocenters. The molecule has 4 saturated heterocycles. The number of nitrogens with zero attached hydrogens (tertiary/aromatic N) is 4. The number of morpholine rings is 1. The summed E-state index contributed by atoms with van der Waals surface area (Å²) in [7, 11) is 0. The Labute approximate surface area is 238 Å². The summed E-state index contributed by atoms with van der Waals surface area (Å²) in [5.41, 5.74) is 3.73. The van der Waals surface area contributed by atoms with Gasteiger partial charge in [0.1, 0.15) is 23.7 Å². The fourth-order valence-electron chi connectivity index (χ4n) is 6.77. The van der Waals surface area contributed by atoms with E-state index in [0.29, 0.717) is 30.7 Å². The number of nitrogens with one attached hydrogen (secondary N) is 1. The van der Waals surface area contributed by atoms with Crippen LogP contribution in [0.4, 0.5) is 5.82 Å². The van der Waals surface area contributed by atoms with Crippen molar-refractivity contribution < 1.29 is 25.3 Å². The predicted octanol–water partition coefficient (Wildman–Crippen LogP) is 2.48. The number of piperidine rings is 1. The third-order valence-corrected chi connectivity index (χ3v) is 9.15. The highest BCUT2D eigenvalue weighted by Gasteiger charge is 2.47. The van der Waals surface area contributed by atoms with Gasteiger partial charge in [-0.1, -0.05) is 6.07 Å². The van der Waals surface area contributed by atoms with Crippen LogP contribution >= 0.6 is 0 Å². The lowest BCUT2D eigenvalue weighted by molar-refractivity contribution is -0.136. The number of amides is 3. The Kier molecular flexibility index (Phi) is 5.75. The molecule has 8 rings (SSSR count). The molecule has 1 N–H and O–H groups in total. The zero-order chi connectivity index (χ0) is 27.7. The van der Waals surface area contributed by atoms with Crippen LogP contribution in [0.3, 0.4) is 0 Å². The zero-order valence-corrected chi connectivity index (χ0v) is 22.6. The summed E-state index contributed by atoms with van der Waals surface area (Å²) in [6.45, 7) is 4.72. The number of hydrogen-bond acceptors (Lipinski definition) is 8. The van der Waals surface area contributed by atoms with E-state index >= 15 is 0 Å². The lowest BCUT2D eigenvalue weighted by atomic mass is 9.95. The lowest BCUT2D eigenvalue weighted by Gasteiger charge is -2.55. The third-order valence-electron chi connectivity index (χ3n) is 9.15. The molecule has 0 bridgehead atoms. The highest BCUT2D eigenvalue weighted by molar-refractivity contribution is 6.05. The van der Waals surface area contributed by atoms with Crippen LogP contribution in [0.2, 0.25) is 0 Å². The summed E-state index contributed by atoms with van der Waals surface area (Å²) >= 11 is 0. The van der Waals surface area contributed by atoms with E-state index in [1.54, 1.807) is 11.0 Å². The maximum Gasteiger partial charge on any atom is 0.255 e. The molecule has 10 nitrogen and oxygen atoms in total. The molecular weight excluding hydrogens is 522 g/mol. The quantitative estimate of drug-likeness (QED) is 0.463. The van der Waals surface area contributed by atoms with Gasteiger partial charge >= 0.3 is 0 Å². The summed E-state index contributed by atoms with van der Waals surface area (Å²) < 4.78 is 11.9. The Morgan fingerprint density at radius 1 is 1.02 bits per heavy atom. The van der Waals surface area contributed by atoms with Gasteiger partial charge < -0.3 is 19.3 Å². The maximum absolute atomic E-state index is 13.0. The van der Waals surface area contributed by atoms with E-state index in [-0.39, 0.29) is 25.8 Å². The molecule has 0 saturated carbocycles. The number of carbonyl (C=O) groups is 3. The molecule has 212 valence electrons. The van der Waals surface area contributed by atoms with E-state index in [0.717, 1.165) is 67.2 Å².